The molecule has 3 heterocycles. The largest absolute Gasteiger partial charge is 0.857 e. The SMILES string of the molecule is Nc1c(/C([O-])=N\c2c[n+](-c3ccccc3)no2)sc2nc(-c3ccc(Cl)cc3)cc(-c3ccc(F)cc3F)c12. The summed E-state index contributed by atoms with van der Waals surface area (Å²) < 4.78 is 35.3. The van der Waals surface area contributed by atoms with Crippen LogP contribution < -0.4 is 15.5 Å². The van der Waals surface area contributed by atoms with E-state index in [1.54, 1.807) is 30.3 Å². The third-order valence-electron chi connectivity index (χ3n) is 5.94. The van der Waals surface area contributed by atoms with E-state index in [9.17, 15) is 13.9 Å². The fourth-order valence-corrected chi connectivity index (χ4v) is 5.24. The molecule has 6 rings (SSSR count). The first kappa shape index (κ1) is 24.7. The lowest BCUT2D eigenvalue weighted by Crippen LogP contribution is -2.30. The smallest absolute Gasteiger partial charge is 0.321 e. The monoisotopic (exact) mass is 559 g/mol. The van der Waals surface area contributed by atoms with Crippen molar-refractivity contribution in [2.45, 2.75) is 0 Å². The van der Waals surface area contributed by atoms with Gasteiger partial charge in [0.05, 0.1) is 16.3 Å². The van der Waals surface area contributed by atoms with E-state index in [-0.39, 0.29) is 22.0 Å². The van der Waals surface area contributed by atoms with Crippen molar-refractivity contribution in [3.63, 3.8) is 0 Å². The lowest BCUT2D eigenvalue weighted by atomic mass is 9.99. The second-order valence-corrected chi connectivity index (χ2v) is 9.88. The highest BCUT2D eigenvalue weighted by atomic mass is 35.5. The predicted molar refractivity (Wildman–Crippen MR) is 144 cm³/mol. The van der Waals surface area contributed by atoms with Gasteiger partial charge in [-0.15, -0.1) is 11.3 Å². The summed E-state index contributed by atoms with van der Waals surface area (Å²) in [5, 5.41) is 18.0. The molecule has 0 aliphatic carbocycles. The van der Waals surface area contributed by atoms with Crippen LogP contribution in [0.15, 0.2) is 94.6 Å². The van der Waals surface area contributed by atoms with Crippen molar-refractivity contribution in [2.75, 3.05) is 5.73 Å². The maximum Gasteiger partial charge on any atom is 0.321 e. The van der Waals surface area contributed by atoms with Gasteiger partial charge in [0.1, 0.15) is 16.5 Å². The maximum atomic E-state index is 15.0. The summed E-state index contributed by atoms with van der Waals surface area (Å²) in [7, 11) is 0. The number of aromatic nitrogens is 3. The van der Waals surface area contributed by atoms with E-state index in [1.807, 2.05) is 30.3 Å². The van der Waals surface area contributed by atoms with Crippen molar-refractivity contribution in [1.82, 2.24) is 10.3 Å². The minimum absolute atomic E-state index is 0.0275. The van der Waals surface area contributed by atoms with Crippen molar-refractivity contribution in [3.8, 4) is 28.1 Å². The zero-order valence-corrected chi connectivity index (χ0v) is 21.4. The lowest BCUT2D eigenvalue weighted by molar-refractivity contribution is -0.670. The zero-order chi connectivity index (χ0) is 27.1. The Balaban J connectivity index is 1.50. The molecule has 0 radical (unpaired) electrons. The number of nitrogen functional groups attached to an aromatic ring is 1. The minimum atomic E-state index is -0.778. The van der Waals surface area contributed by atoms with Gasteiger partial charge in [0.25, 0.3) is 6.20 Å². The number of aliphatic imine (C=N–C) groups is 1. The van der Waals surface area contributed by atoms with Crippen molar-refractivity contribution in [2.24, 2.45) is 4.99 Å². The Labute approximate surface area is 229 Å². The van der Waals surface area contributed by atoms with E-state index in [4.69, 9.17) is 21.9 Å². The molecule has 0 spiro atoms. The summed E-state index contributed by atoms with van der Waals surface area (Å²) in [6.45, 7) is 0. The van der Waals surface area contributed by atoms with Crippen LogP contribution in [0, 0.1) is 11.6 Å². The average Bonchev–Trinajstić information content (AvgIpc) is 3.53. The highest BCUT2D eigenvalue weighted by molar-refractivity contribution is 7.21. The number of anilines is 1. The number of hydrogen-bond acceptors (Lipinski definition) is 7. The predicted octanol–water partition coefficient (Wildman–Crippen LogP) is 5.85. The Kier molecular flexibility index (Phi) is 6.26. The molecule has 0 aliphatic heterocycles. The van der Waals surface area contributed by atoms with Crippen LogP contribution in [0.5, 0.6) is 0 Å². The fourth-order valence-electron chi connectivity index (χ4n) is 4.11. The summed E-state index contributed by atoms with van der Waals surface area (Å²) in [6.07, 6.45) is 1.47. The molecule has 0 bridgehead atoms. The number of thiophene rings is 1. The van der Waals surface area contributed by atoms with Gasteiger partial charge in [-0.1, -0.05) is 41.9 Å². The summed E-state index contributed by atoms with van der Waals surface area (Å²) in [5.41, 5.74) is 8.91. The quantitative estimate of drug-likeness (QED) is 0.162. The highest BCUT2D eigenvalue weighted by Crippen LogP contribution is 2.42. The molecule has 3 aromatic carbocycles. The van der Waals surface area contributed by atoms with Crippen molar-refractivity contribution in [1.29, 1.82) is 0 Å². The molecule has 0 atom stereocenters. The van der Waals surface area contributed by atoms with Gasteiger partial charge in [-0.25, -0.2) is 18.8 Å². The number of hydrogen-bond donors (Lipinski definition) is 1. The number of fused-ring (bicyclic) bond motifs is 1. The van der Waals surface area contributed by atoms with Crippen molar-refractivity contribution >= 4 is 50.6 Å². The zero-order valence-electron chi connectivity index (χ0n) is 19.8. The highest BCUT2D eigenvalue weighted by Gasteiger charge is 2.21. The Morgan fingerprint density at radius 3 is 2.51 bits per heavy atom. The molecule has 6 aromatic rings. The normalized spacial score (nSPS) is 11.8. The number of benzene rings is 3. The fraction of sp³-hybridized carbons (Fsp3) is 0. The second kappa shape index (κ2) is 9.90. The topological polar surface area (TPSA) is 104 Å². The molecular weight excluding hydrogens is 544 g/mol. The van der Waals surface area contributed by atoms with Crippen LogP contribution >= 0.6 is 22.9 Å². The van der Waals surface area contributed by atoms with Gasteiger partial charge in [0, 0.05) is 45.6 Å². The number of para-hydroxylation sites is 1. The number of rotatable bonds is 5. The van der Waals surface area contributed by atoms with E-state index in [0.29, 0.717) is 32.1 Å². The first-order valence-electron chi connectivity index (χ1n) is 11.5. The Morgan fingerprint density at radius 1 is 1.00 bits per heavy atom. The number of pyridine rings is 1. The third kappa shape index (κ3) is 4.71. The van der Waals surface area contributed by atoms with Crippen LogP contribution in [0.1, 0.15) is 4.88 Å². The molecule has 11 heteroatoms. The molecular formula is C28H16ClF2N5O2S. The number of nitrogens with zero attached hydrogens (tertiary/aromatic N) is 4. The molecule has 0 unspecified atom stereocenters. The van der Waals surface area contributed by atoms with Crippen LogP contribution in [-0.4, -0.2) is 16.2 Å². The summed E-state index contributed by atoms with van der Waals surface area (Å²) in [6, 6.07) is 21.0. The minimum Gasteiger partial charge on any atom is -0.857 e. The van der Waals surface area contributed by atoms with Crippen LogP contribution in [0.25, 0.3) is 38.3 Å². The second-order valence-electron chi connectivity index (χ2n) is 8.45. The molecule has 39 heavy (non-hydrogen) atoms. The number of nitrogens with two attached hydrogens (primary N) is 1. The molecule has 0 saturated heterocycles. The van der Waals surface area contributed by atoms with E-state index < -0.39 is 17.5 Å². The van der Waals surface area contributed by atoms with Gasteiger partial charge in [-0.3, -0.25) is 4.52 Å². The molecule has 0 saturated carbocycles. The molecule has 0 amide bonds. The van der Waals surface area contributed by atoms with Gasteiger partial charge >= 0.3 is 5.88 Å². The van der Waals surface area contributed by atoms with Crippen LogP contribution in [-0.2, 0) is 0 Å². The van der Waals surface area contributed by atoms with Gasteiger partial charge in [-0.2, -0.15) is 0 Å². The van der Waals surface area contributed by atoms with Crippen LogP contribution in [0.4, 0.5) is 20.4 Å². The third-order valence-corrected chi connectivity index (χ3v) is 7.28. The summed E-state index contributed by atoms with van der Waals surface area (Å²) in [5.74, 6) is -2.20. The standard InChI is InChI=1S/C28H16ClF2N5O2S/c29-16-8-6-15(7-9-16)22-13-20(19-11-10-17(30)12-21(19)31)24-25(32)26(39-28(24)33-22)27(37)34-23-14-36(35-38-23)18-4-2-1-3-5-18/h1-14H,(H2-,32,34,35,37). The summed E-state index contributed by atoms with van der Waals surface area (Å²) >= 11 is 7.05. The van der Waals surface area contributed by atoms with Crippen LogP contribution in [0.3, 0.4) is 0 Å². The van der Waals surface area contributed by atoms with Gasteiger partial charge < -0.3 is 10.8 Å². The molecule has 3 aromatic heterocycles. The Bertz CT molecular complexity index is 1870. The van der Waals surface area contributed by atoms with E-state index in [2.05, 4.69) is 15.2 Å². The molecule has 192 valence electrons. The van der Waals surface area contributed by atoms with Gasteiger partial charge in [0.2, 0.25) is 11.0 Å². The first-order valence-corrected chi connectivity index (χ1v) is 12.7. The summed E-state index contributed by atoms with van der Waals surface area (Å²) in [4.78, 5) is 9.20. The first-order chi connectivity index (χ1) is 18.9. The van der Waals surface area contributed by atoms with Crippen LogP contribution in [0.2, 0.25) is 5.02 Å². The molecule has 0 fully saturated rings. The maximum absolute atomic E-state index is 15.0. The van der Waals surface area contributed by atoms with Gasteiger partial charge in [0.15, 0.2) is 0 Å². The average molecular weight is 560 g/mol. The Hall–Kier alpha value is -4.67. The van der Waals surface area contributed by atoms with Crippen molar-refractivity contribution in [3.05, 3.63) is 107 Å². The van der Waals surface area contributed by atoms with Gasteiger partial charge in [-0.05, 0) is 40.6 Å². The van der Waals surface area contributed by atoms with E-state index in [1.165, 1.54) is 16.9 Å². The Morgan fingerprint density at radius 2 is 1.77 bits per heavy atom. The van der Waals surface area contributed by atoms with E-state index >= 15 is 0 Å². The molecule has 7 nitrogen and oxygen atoms in total. The van der Waals surface area contributed by atoms with E-state index in [0.717, 1.165) is 29.2 Å². The van der Waals surface area contributed by atoms with Crippen molar-refractivity contribution < 1.29 is 23.1 Å². The lowest BCUT2D eigenvalue weighted by Gasteiger charge is -2.11. The number of halogens is 3. The molecule has 0 aliphatic rings. The molecule has 2 N–H and O–H groups in total.